The van der Waals surface area contributed by atoms with Crippen LogP contribution in [0.5, 0.6) is 0 Å². The number of nitrogens with one attached hydrogen (secondary N) is 1. The molecule has 0 fully saturated rings. The predicted molar refractivity (Wildman–Crippen MR) is 68.4 cm³/mol. The monoisotopic (exact) mass is 221 g/mol. The number of benzene rings is 1. The van der Waals surface area contributed by atoms with Crippen LogP contribution in [0, 0.1) is 0 Å². The molecule has 2 N–H and O–H groups in total. The third-order valence-electron chi connectivity index (χ3n) is 2.86. The Balaban J connectivity index is 2.49. The smallest absolute Gasteiger partial charge is 0.0626 e. The molecule has 2 nitrogen and oxygen atoms in total. The highest BCUT2D eigenvalue weighted by molar-refractivity contribution is 5.18. The molecule has 1 aromatic rings. The summed E-state index contributed by atoms with van der Waals surface area (Å²) in [4.78, 5) is 0. The Labute approximate surface area is 98.7 Å². The molecule has 0 aliphatic heterocycles. The van der Waals surface area contributed by atoms with Gasteiger partial charge in [-0.25, -0.2) is 0 Å². The number of hydrogen-bond acceptors (Lipinski definition) is 2. The second-order valence-electron chi connectivity index (χ2n) is 4.36. The zero-order valence-corrected chi connectivity index (χ0v) is 10.3. The average molecular weight is 221 g/mol. The molecule has 1 unspecified atom stereocenters. The lowest BCUT2D eigenvalue weighted by Gasteiger charge is -2.22. The van der Waals surface area contributed by atoms with Gasteiger partial charge in [0.1, 0.15) is 0 Å². The summed E-state index contributed by atoms with van der Waals surface area (Å²) in [5.74, 6) is 0. The number of hydrogen-bond donors (Lipinski definition) is 2. The van der Waals surface area contributed by atoms with Crippen LogP contribution in [0.1, 0.15) is 44.7 Å². The Morgan fingerprint density at radius 2 is 1.94 bits per heavy atom. The van der Waals surface area contributed by atoms with Crippen molar-refractivity contribution in [2.24, 2.45) is 0 Å². The lowest BCUT2D eigenvalue weighted by Crippen LogP contribution is -2.32. The van der Waals surface area contributed by atoms with E-state index in [9.17, 15) is 5.11 Å². The van der Waals surface area contributed by atoms with Gasteiger partial charge in [0, 0.05) is 6.04 Å². The molecule has 0 saturated carbocycles. The summed E-state index contributed by atoms with van der Waals surface area (Å²) in [6, 6.07) is 10.6. The summed E-state index contributed by atoms with van der Waals surface area (Å²) in [6.45, 7) is 4.54. The first-order valence-corrected chi connectivity index (χ1v) is 6.19. The van der Waals surface area contributed by atoms with Crippen LogP contribution in [-0.4, -0.2) is 17.8 Å². The van der Waals surface area contributed by atoms with Crippen LogP contribution in [0.4, 0.5) is 0 Å². The minimum absolute atomic E-state index is 0.0630. The first kappa shape index (κ1) is 13.2. The van der Waals surface area contributed by atoms with Gasteiger partial charge in [-0.2, -0.15) is 0 Å². The molecule has 1 rings (SSSR count). The molecular formula is C14H23NO. The van der Waals surface area contributed by atoms with Crippen LogP contribution in [-0.2, 0) is 0 Å². The molecule has 2 atom stereocenters. The fourth-order valence-corrected chi connectivity index (χ4v) is 1.88. The molecule has 0 heterocycles. The van der Waals surface area contributed by atoms with Crippen molar-refractivity contribution in [3.63, 3.8) is 0 Å². The molecule has 0 saturated heterocycles. The van der Waals surface area contributed by atoms with Gasteiger partial charge in [-0.05, 0) is 18.9 Å². The van der Waals surface area contributed by atoms with E-state index in [1.165, 1.54) is 19.3 Å². The van der Waals surface area contributed by atoms with E-state index in [4.69, 9.17) is 0 Å². The van der Waals surface area contributed by atoms with E-state index in [1.54, 1.807) is 0 Å². The Hall–Kier alpha value is -0.860. The van der Waals surface area contributed by atoms with E-state index >= 15 is 0 Å². The fourth-order valence-electron chi connectivity index (χ4n) is 1.88. The standard InChI is InChI=1S/C14H23NO/c1-3-4-8-12(2)15-14(11-16)13-9-6-5-7-10-13/h5-7,9-10,12,14-16H,3-4,8,11H2,1-2H3/t12?,14-/m1/s1. The van der Waals surface area contributed by atoms with Gasteiger partial charge in [0.15, 0.2) is 0 Å². The largest absolute Gasteiger partial charge is 0.394 e. The average Bonchev–Trinajstić information content (AvgIpc) is 2.34. The van der Waals surface area contributed by atoms with Crippen molar-refractivity contribution in [2.45, 2.75) is 45.2 Å². The van der Waals surface area contributed by atoms with E-state index in [0.29, 0.717) is 6.04 Å². The highest BCUT2D eigenvalue weighted by atomic mass is 16.3. The Bertz CT molecular complexity index is 273. The van der Waals surface area contributed by atoms with Crippen molar-refractivity contribution >= 4 is 0 Å². The van der Waals surface area contributed by atoms with Crippen LogP contribution in [0.15, 0.2) is 30.3 Å². The van der Waals surface area contributed by atoms with E-state index in [2.05, 4.69) is 31.3 Å². The van der Waals surface area contributed by atoms with Crippen LogP contribution in [0.2, 0.25) is 0 Å². The summed E-state index contributed by atoms with van der Waals surface area (Å²) >= 11 is 0. The maximum absolute atomic E-state index is 9.39. The molecule has 2 heteroatoms. The van der Waals surface area contributed by atoms with E-state index in [0.717, 1.165) is 5.56 Å². The number of rotatable bonds is 7. The Morgan fingerprint density at radius 1 is 1.25 bits per heavy atom. The lowest BCUT2D eigenvalue weighted by molar-refractivity contribution is 0.232. The third kappa shape index (κ3) is 4.33. The van der Waals surface area contributed by atoms with Crippen molar-refractivity contribution in [3.8, 4) is 0 Å². The van der Waals surface area contributed by atoms with Gasteiger partial charge in [0.2, 0.25) is 0 Å². The lowest BCUT2D eigenvalue weighted by atomic mass is 10.1. The number of unbranched alkanes of at least 4 members (excludes halogenated alkanes) is 1. The topological polar surface area (TPSA) is 32.3 Å². The van der Waals surface area contributed by atoms with Crippen molar-refractivity contribution in [1.82, 2.24) is 5.32 Å². The molecule has 0 aromatic heterocycles. The normalized spacial score (nSPS) is 14.7. The highest BCUT2D eigenvalue weighted by Crippen LogP contribution is 2.13. The van der Waals surface area contributed by atoms with Crippen molar-refractivity contribution in [1.29, 1.82) is 0 Å². The second-order valence-corrected chi connectivity index (χ2v) is 4.36. The first-order chi connectivity index (χ1) is 7.77. The Kier molecular flexibility index (Phi) is 6.12. The minimum atomic E-state index is 0.0630. The van der Waals surface area contributed by atoms with Crippen LogP contribution in [0.25, 0.3) is 0 Å². The van der Waals surface area contributed by atoms with Crippen molar-refractivity contribution in [2.75, 3.05) is 6.61 Å². The second kappa shape index (κ2) is 7.42. The van der Waals surface area contributed by atoms with E-state index in [-0.39, 0.29) is 12.6 Å². The summed E-state index contributed by atoms with van der Waals surface area (Å²) in [5.41, 5.74) is 1.16. The van der Waals surface area contributed by atoms with Gasteiger partial charge < -0.3 is 10.4 Å². The quantitative estimate of drug-likeness (QED) is 0.742. The van der Waals surface area contributed by atoms with Crippen molar-refractivity contribution in [3.05, 3.63) is 35.9 Å². The summed E-state index contributed by atoms with van der Waals surface area (Å²) < 4.78 is 0. The van der Waals surface area contributed by atoms with Gasteiger partial charge in [-0.15, -0.1) is 0 Å². The molecule has 0 amide bonds. The molecule has 0 aliphatic carbocycles. The third-order valence-corrected chi connectivity index (χ3v) is 2.86. The molecule has 0 spiro atoms. The maximum Gasteiger partial charge on any atom is 0.0626 e. The van der Waals surface area contributed by atoms with Gasteiger partial charge >= 0.3 is 0 Å². The molecule has 1 aromatic carbocycles. The molecular weight excluding hydrogens is 198 g/mol. The molecule has 0 bridgehead atoms. The van der Waals surface area contributed by atoms with Crippen molar-refractivity contribution < 1.29 is 5.11 Å². The zero-order valence-electron chi connectivity index (χ0n) is 10.3. The maximum atomic E-state index is 9.39. The molecule has 90 valence electrons. The number of aliphatic hydroxyl groups is 1. The minimum Gasteiger partial charge on any atom is -0.394 e. The van der Waals surface area contributed by atoms with Crippen LogP contribution >= 0.6 is 0 Å². The molecule has 0 radical (unpaired) electrons. The summed E-state index contributed by atoms with van der Waals surface area (Å²) in [5, 5.41) is 12.9. The van der Waals surface area contributed by atoms with Gasteiger partial charge in [0.05, 0.1) is 12.6 Å². The van der Waals surface area contributed by atoms with Gasteiger partial charge in [-0.3, -0.25) is 0 Å². The Morgan fingerprint density at radius 3 is 2.50 bits per heavy atom. The van der Waals surface area contributed by atoms with E-state index < -0.39 is 0 Å². The first-order valence-electron chi connectivity index (χ1n) is 6.19. The summed E-state index contributed by atoms with van der Waals surface area (Å²) in [6.07, 6.45) is 3.63. The van der Waals surface area contributed by atoms with Crippen LogP contribution < -0.4 is 5.32 Å². The SMILES string of the molecule is CCCCC(C)N[C@H](CO)c1ccccc1. The van der Waals surface area contributed by atoms with Crippen LogP contribution in [0.3, 0.4) is 0 Å². The van der Waals surface area contributed by atoms with E-state index in [1.807, 2.05) is 18.2 Å². The zero-order chi connectivity index (χ0) is 11.8. The molecule has 16 heavy (non-hydrogen) atoms. The summed E-state index contributed by atoms with van der Waals surface area (Å²) in [7, 11) is 0. The number of aliphatic hydroxyl groups excluding tert-OH is 1. The van der Waals surface area contributed by atoms with Gasteiger partial charge in [0.25, 0.3) is 0 Å². The fraction of sp³-hybridized carbons (Fsp3) is 0.571. The highest BCUT2D eigenvalue weighted by Gasteiger charge is 2.12. The van der Waals surface area contributed by atoms with Gasteiger partial charge in [-0.1, -0.05) is 50.1 Å². The molecule has 0 aliphatic rings. The predicted octanol–water partition coefficient (Wildman–Crippen LogP) is 2.89.